The molecule has 2 nitrogen and oxygen atoms in total. The summed E-state index contributed by atoms with van der Waals surface area (Å²) >= 11 is 0. The molecule has 0 amide bonds. The van der Waals surface area contributed by atoms with Crippen LogP contribution in [-0.2, 0) is 0 Å². The monoisotopic (exact) mass is 197 g/mol. The molecule has 0 spiro atoms. The first-order valence-electron chi connectivity index (χ1n) is 4.68. The molecule has 1 aliphatic rings. The molecule has 0 radical (unpaired) electrons. The molecule has 0 unspecified atom stereocenters. The second-order valence-electron chi connectivity index (χ2n) is 3.09. The number of ether oxygens (including phenoxy) is 1. The highest BCUT2D eigenvalue weighted by Gasteiger charge is 1.98. The molecule has 2 heteroatoms. The third-order valence-electron chi connectivity index (χ3n) is 1.88. The summed E-state index contributed by atoms with van der Waals surface area (Å²) in [5.74, 6) is 1.50. The van der Waals surface area contributed by atoms with Crippen molar-refractivity contribution in [3.63, 3.8) is 0 Å². The number of hydrogen-bond acceptors (Lipinski definition) is 2. The van der Waals surface area contributed by atoms with Gasteiger partial charge in [-0.05, 0) is 24.3 Å². The summed E-state index contributed by atoms with van der Waals surface area (Å²) in [7, 11) is 0. The number of allylic oxidation sites excluding steroid dienone is 3. The van der Waals surface area contributed by atoms with Crippen molar-refractivity contribution in [2.75, 3.05) is 0 Å². The van der Waals surface area contributed by atoms with Crippen LogP contribution in [0.2, 0.25) is 0 Å². The average Bonchev–Trinajstić information content (AvgIpc) is 2.44. The molecular formula is C13H11NO. The molecule has 0 saturated carbocycles. The Morgan fingerprint density at radius 3 is 2.73 bits per heavy atom. The molecule has 1 aromatic rings. The van der Waals surface area contributed by atoms with Crippen LogP contribution >= 0.6 is 0 Å². The van der Waals surface area contributed by atoms with Crippen molar-refractivity contribution in [1.29, 1.82) is 0 Å². The minimum Gasteiger partial charge on any atom is -0.457 e. The Labute approximate surface area is 88.7 Å². The van der Waals surface area contributed by atoms with Crippen LogP contribution in [0.25, 0.3) is 0 Å². The van der Waals surface area contributed by atoms with Crippen molar-refractivity contribution in [3.05, 3.63) is 71.8 Å². The predicted octanol–water partition coefficient (Wildman–Crippen LogP) is 2.52. The van der Waals surface area contributed by atoms with Gasteiger partial charge in [0.2, 0.25) is 0 Å². The van der Waals surface area contributed by atoms with E-state index in [2.05, 4.69) is 5.73 Å². The van der Waals surface area contributed by atoms with Gasteiger partial charge in [0.1, 0.15) is 11.5 Å². The first kappa shape index (κ1) is 9.38. The van der Waals surface area contributed by atoms with Gasteiger partial charge in [0.05, 0.1) is 5.70 Å². The quantitative estimate of drug-likeness (QED) is 0.739. The highest BCUT2D eigenvalue weighted by Crippen LogP contribution is 2.14. The third-order valence-corrected chi connectivity index (χ3v) is 1.88. The largest absolute Gasteiger partial charge is 0.457 e. The Morgan fingerprint density at radius 2 is 1.93 bits per heavy atom. The van der Waals surface area contributed by atoms with Crippen molar-refractivity contribution in [3.8, 4) is 5.75 Å². The van der Waals surface area contributed by atoms with Gasteiger partial charge in [0, 0.05) is 6.08 Å². The molecule has 0 saturated heterocycles. The number of hydrogen-bond donors (Lipinski definition) is 1. The highest BCUT2D eigenvalue weighted by atomic mass is 16.5. The van der Waals surface area contributed by atoms with Crippen LogP contribution in [-0.4, -0.2) is 0 Å². The van der Waals surface area contributed by atoms with Gasteiger partial charge < -0.3 is 10.5 Å². The Bertz CT molecular complexity index is 463. The average molecular weight is 197 g/mol. The topological polar surface area (TPSA) is 35.2 Å². The number of para-hydroxylation sites is 1. The number of nitrogens with two attached hydrogens (primary N) is 1. The van der Waals surface area contributed by atoms with Crippen molar-refractivity contribution >= 4 is 0 Å². The zero-order valence-corrected chi connectivity index (χ0v) is 8.18. The number of rotatable bonds is 2. The van der Waals surface area contributed by atoms with Gasteiger partial charge in [-0.1, -0.05) is 30.0 Å². The second kappa shape index (κ2) is 4.36. The smallest absolute Gasteiger partial charge is 0.130 e. The van der Waals surface area contributed by atoms with Crippen LogP contribution in [0, 0.1) is 0 Å². The Kier molecular flexibility index (Phi) is 2.72. The molecule has 74 valence electrons. The van der Waals surface area contributed by atoms with E-state index in [1.807, 2.05) is 42.5 Å². The fraction of sp³-hybridized carbons (Fsp3) is 0. The second-order valence-corrected chi connectivity index (χ2v) is 3.09. The van der Waals surface area contributed by atoms with Crippen LogP contribution in [0.15, 0.2) is 71.8 Å². The molecule has 1 aromatic carbocycles. The maximum atomic E-state index is 5.66. The van der Waals surface area contributed by atoms with Crippen molar-refractivity contribution in [2.45, 2.75) is 0 Å². The zero-order valence-electron chi connectivity index (χ0n) is 8.18. The van der Waals surface area contributed by atoms with Crippen molar-refractivity contribution in [2.24, 2.45) is 5.73 Å². The lowest BCUT2D eigenvalue weighted by molar-refractivity contribution is 0.444. The minimum absolute atomic E-state index is 0.561. The molecular weight excluding hydrogens is 186 g/mol. The summed E-state index contributed by atoms with van der Waals surface area (Å²) in [5.41, 5.74) is 9.10. The maximum absolute atomic E-state index is 5.66. The van der Waals surface area contributed by atoms with E-state index in [9.17, 15) is 0 Å². The van der Waals surface area contributed by atoms with Gasteiger partial charge in [-0.2, -0.15) is 0 Å². The normalized spacial score (nSPS) is 14.1. The van der Waals surface area contributed by atoms with Crippen LogP contribution in [0.4, 0.5) is 0 Å². The minimum atomic E-state index is 0.561. The molecule has 0 heterocycles. The molecule has 0 aliphatic heterocycles. The summed E-state index contributed by atoms with van der Waals surface area (Å²) in [5, 5.41) is 0. The molecule has 2 N–H and O–H groups in total. The zero-order chi connectivity index (χ0) is 10.5. The molecule has 2 rings (SSSR count). The fourth-order valence-electron chi connectivity index (χ4n) is 1.22. The molecule has 15 heavy (non-hydrogen) atoms. The van der Waals surface area contributed by atoms with Gasteiger partial charge in [0.15, 0.2) is 0 Å². The van der Waals surface area contributed by atoms with E-state index in [1.54, 1.807) is 12.2 Å². The highest BCUT2D eigenvalue weighted by molar-refractivity contribution is 5.33. The Balaban J connectivity index is 2.18. The molecule has 0 bridgehead atoms. The van der Waals surface area contributed by atoms with Gasteiger partial charge in [-0.3, -0.25) is 0 Å². The van der Waals surface area contributed by atoms with E-state index in [1.165, 1.54) is 0 Å². The summed E-state index contributed by atoms with van der Waals surface area (Å²) < 4.78 is 5.62. The predicted molar refractivity (Wildman–Crippen MR) is 60.1 cm³/mol. The van der Waals surface area contributed by atoms with E-state index in [0.29, 0.717) is 11.5 Å². The van der Waals surface area contributed by atoms with Crippen LogP contribution in [0.3, 0.4) is 0 Å². The number of benzene rings is 1. The van der Waals surface area contributed by atoms with E-state index in [4.69, 9.17) is 10.5 Å². The molecule has 1 aliphatic carbocycles. The molecule has 0 atom stereocenters. The van der Waals surface area contributed by atoms with Crippen molar-refractivity contribution in [1.82, 2.24) is 0 Å². The van der Waals surface area contributed by atoms with Gasteiger partial charge in [-0.15, -0.1) is 0 Å². The summed E-state index contributed by atoms with van der Waals surface area (Å²) in [4.78, 5) is 0. The molecule has 0 aromatic heterocycles. The van der Waals surface area contributed by atoms with Crippen molar-refractivity contribution < 1.29 is 4.74 Å². The third kappa shape index (κ3) is 2.63. The lowest BCUT2D eigenvalue weighted by atomic mass is 10.3. The van der Waals surface area contributed by atoms with Gasteiger partial charge in [-0.25, -0.2) is 0 Å². The SMILES string of the molecule is NC1=C=CC=CC(Oc2ccccc2)=C1. The summed E-state index contributed by atoms with van der Waals surface area (Å²) in [6.07, 6.45) is 7.19. The van der Waals surface area contributed by atoms with Gasteiger partial charge in [0.25, 0.3) is 0 Å². The lowest BCUT2D eigenvalue weighted by Gasteiger charge is -2.05. The first-order valence-corrected chi connectivity index (χ1v) is 4.68. The maximum Gasteiger partial charge on any atom is 0.130 e. The summed E-state index contributed by atoms with van der Waals surface area (Å²) in [6.45, 7) is 0. The van der Waals surface area contributed by atoms with E-state index in [-0.39, 0.29) is 0 Å². The van der Waals surface area contributed by atoms with E-state index < -0.39 is 0 Å². The standard InChI is InChI=1S/C13H11NO/c14-11-6-4-5-9-13(10-11)15-12-7-2-1-3-8-12/h1-5,7-10H,14H2. The van der Waals surface area contributed by atoms with E-state index >= 15 is 0 Å². The molecule has 0 fully saturated rings. The van der Waals surface area contributed by atoms with Gasteiger partial charge >= 0.3 is 0 Å². The van der Waals surface area contributed by atoms with Crippen LogP contribution < -0.4 is 10.5 Å². The first-order chi connectivity index (χ1) is 7.34. The lowest BCUT2D eigenvalue weighted by Crippen LogP contribution is -1.96. The summed E-state index contributed by atoms with van der Waals surface area (Å²) in [6, 6.07) is 9.58. The Morgan fingerprint density at radius 1 is 1.13 bits per heavy atom. The van der Waals surface area contributed by atoms with Crippen LogP contribution in [0.1, 0.15) is 0 Å². The van der Waals surface area contributed by atoms with Crippen LogP contribution in [0.5, 0.6) is 5.75 Å². The van der Waals surface area contributed by atoms with E-state index in [0.717, 1.165) is 5.75 Å². The Hall–Kier alpha value is -2.18. The fourth-order valence-corrected chi connectivity index (χ4v) is 1.22.